The molecule has 0 spiro atoms. The first kappa shape index (κ1) is 80.7. The van der Waals surface area contributed by atoms with E-state index in [9.17, 15) is 117 Å². The molecule has 0 aromatic rings. The fraction of sp³-hybridized carbons (Fsp3) is 1.00. The summed E-state index contributed by atoms with van der Waals surface area (Å²) in [5.74, 6) is -21.3. The molecule has 0 aliphatic heterocycles. The average molecular weight is 1290 g/mol. The van der Waals surface area contributed by atoms with Gasteiger partial charge in [0.2, 0.25) is 0 Å². The molecule has 0 aromatic carbocycles. The molecule has 0 radical (unpaired) electrons. The first-order valence-corrected chi connectivity index (χ1v) is 24.2. The van der Waals surface area contributed by atoms with Crippen LogP contribution in [-0.4, -0.2) is 246 Å². The minimum Gasteiger partial charge on any atom is -0.394 e. The second kappa shape index (κ2) is 35.7. The monoisotopic (exact) mass is 1290 g/mol. The zero-order valence-electron chi connectivity index (χ0n) is 43.8. The number of halogens is 22. The van der Waals surface area contributed by atoms with Crippen LogP contribution < -0.4 is 0 Å². The summed E-state index contributed by atoms with van der Waals surface area (Å²) >= 11 is 0. The molecule has 0 saturated carbocycles. The molecule has 0 aromatic heterocycles. The van der Waals surface area contributed by atoms with Gasteiger partial charge in [0.05, 0.1) is 79.3 Å². The van der Waals surface area contributed by atoms with Gasteiger partial charge in [-0.05, 0) is 32.6 Å². The molecule has 0 bridgehead atoms. The summed E-state index contributed by atoms with van der Waals surface area (Å²) in [5.41, 5.74) is 0. The maximum atomic E-state index is 14.4. The smallest absolute Gasteiger partial charge is 0.394 e. The molecule has 0 aliphatic rings. The standard InChI is InChI=1S/C43H66F22O18/c1-27(77-20-31(70)17-72-15-29(68)18-75-22-34(46,47)7-3-4-10-79-40(58,59)33(2,44)45)39(56,57)83-43(64,65)42(62,63)81-12-6-9-36(50,51)24-78-32(71)21-73-16-30(69)19-76-26-38(54,55)82-25-37(52,53)41(60,61)80-11-5-8-35(48,49)23-74-14-28(67)13-66/h27-32,66-71H,3-26H2,1-2H3. The van der Waals surface area contributed by atoms with E-state index in [-0.39, 0.29) is 6.92 Å². The Morgan fingerprint density at radius 1 is 0.373 bits per heavy atom. The van der Waals surface area contributed by atoms with Crippen molar-refractivity contribution in [2.75, 3.05) is 112 Å². The summed E-state index contributed by atoms with van der Waals surface area (Å²) in [7, 11) is 0. The molecule has 0 aliphatic carbocycles. The Morgan fingerprint density at radius 2 is 0.771 bits per heavy atom. The second-order valence-electron chi connectivity index (χ2n) is 18.2. The molecule has 0 rings (SSSR count). The van der Waals surface area contributed by atoms with Crippen molar-refractivity contribution in [1.82, 2.24) is 0 Å². The van der Waals surface area contributed by atoms with Crippen LogP contribution >= 0.6 is 0 Å². The van der Waals surface area contributed by atoms with Gasteiger partial charge in [-0.25, -0.2) is 31.1 Å². The molecule has 0 fully saturated rings. The summed E-state index contributed by atoms with van der Waals surface area (Å²) in [6.45, 7) is -21.3. The van der Waals surface area contributed by atoms with Crippen molar-refractivity contribution in [3.8, 4) is 0 Å². The van der Waals surface area contributed by atoms with Crippen LogP contribution in [0.3, 0.4) is 0 Å². The van der Waals surface area contributed by atoms with Crippen molar-refractivity contribution in [3.05, 3.63) is 0 Å². The van der Waals surface area contributed by atoms with E-state index in [1.54, 1.807) is 0 Å². The number of hydrogen-bond donors (Lipinski definition) is 6. The van der Waals surface area contributed by atoms with E-state index in [2.05, 4.69) is 52.1 Å². The van der Waals surface area contributed by atoms with Crippen molar-refractivity contribution in [2.24, 2.45) is 0 Å². The van der Waals surface area contributed by atoms with Gasteiger partial charge in [-0.3, -0.25) is 0 Å². The quantitative estimate of drug-likeness (QED) is 0.0209. The fourth-order valence-electron chi connectivity index (χ4n) is 5.38. The summed E-state index contributed by atoms with van der Waals surface area (Å²) in [6.07, 6.45) is -51.4. The lowest BCUT2D eigenvalue weighted by atomic mass is 10.1. The zero-order valence-corrected chi connectivity index (χ0v) is 43.8. The third-order valence-corrected chi connectivity index (χ3v) is 9.89. The molecular weight excluding hydrogens is 1220 g/mol. The number of unbranched alkanes of at least 4 members (excludes halogenated alkanes) is 1. The highest BCUT2D eigenvalue weighted by Gasteiger charge is 2.65. The summed E-state index contributed by atoms with van der Waals surface area (Å²) in [5, 5.41) is 56.7. The minimum atomic E-state index is -6.19. The maximum Gasteiger partial charge on any atom is 0.452 e. The van der Waals surface area contributed by atoms with Crippen LogP contribution in [0.5, 0.6) is 0 Å². The first-order valence-electron chi connectivity index (χ1n) is 24.2. The van der Waals surface area contributed by atoms with Crippen LogP contribution in [0, 0.1) is 0 Å². The van der Waals surface area contributed by atoms with E-state index in [4.69, 9.17) is 14.9 Å². The molecular formula is C43H66F22O18. The zero-order chi connectivity index (χ0) is 64.4. The van der Waals surface area contributed by atoms with Crippen molar-refractivity contribution in [2.45, 2.75) is 162 Å². The lowest BCUT2D eigenvalue weighted by molar-refractivity contribution is -0.490. The number of ether oxygens (including phenoxy) is 12. The Labute approximate surface area is 458 Å². The lowest BCUT2D eigenvalue weighted by Gasteiger charge is -2.31. The molecule has 6 atom stereocenters. The van der Waals surface area contributed by atoms with Crippen LogP contribution in [0.25, 0.3) is 0 Å². The predicted molar refractivity (Wildman–Crippen MR) is 230 cm³/mol. The molecule has 0 amide bonds. The highest BCUT2D eigenvalue weighted by atomic mass is 19.4. The van der Waals surface area contributed by atoms with Gasteiger partial charge in [-0.2, -0.15) is 70.2 Å². The molecule has 0 saturated heterocycles. The highest BCUT2D eigenvalue weighted by molar-refractivity contribution is 4.79. The maximum absolute atomic E-state index is 14.4. The largest absolute Gasteiger partial charge is 0.452 e. The van der Waals surface area contributed by atoms with E-state index in [0.717, 1.165) is 0 Å². The normalized spacial score (nSPS) is 16.6. The molecule has 500 valence electrons. The van der Waals surface area contributed by atoms with Gasteiger partial charge in [-0.15, -0.1) is 0 Å². The Morgan fingerprint density at radius 3 is 1.27 bits per heavy atom. The Kier molecular flexibility index (Phi) is 34.7. The predicted octanol–water partition coefficient (Wildman–Crippen LogP) is 6.81. The van der Waals surface area contributed by atoms with E-state index >= 15 is 0 Å². The van der Waals surface area contributed by atoms with Gasteiger partial charge < -0.3 is 82.7 Å². The minimum absolute atomic E-state index is 0.108. The average Bonchev–Trinajstić information content (AvgIpc) is 3.55. The Hall–Kier alpha value is -2.26. The van der Waals surface area contributed by atoms with E-state index in [0.29, 0.717) is 6.92 Å². The molecule has 83 heavy (non-hydrogen) atoms. The number of aliphatic hydroxyl groups excluding tert-OH is 6. The summed E-state index contributed by atoms with van der Waals surface area (Å²) in [4.78, 5) is 0. The highest BCUT2D eigenvalue weighted by Crippen LogP contribution is 2.43. The van der Waals surface area contributed by atoms with Crippen molar-refractivity contribution in [3.63, 3.8) is 0 Å². The van der Waals surface area contributed by atoms with E-state index in [1.165, 1.54) is 0 Å². The summed E-state index contributed by atoms with van der Waals surface area (Å²) in [6, 6.07) is 0. The number of aliphatic hydroxyl groups is 6. The number of alkyl halides is 22. The Balaban J connectivity index is 4.56. The van der Waals surface area contributed by atoms with Gasteiger partial charge in [0.15, 0.2) is 6.29 Å². The van der Waals surface area contributed by atoms with Gasteiger partial charge in [0, 0.05) is 26.2 Å². The van der Waals surface area contributed by atoms with E-state index in [1.807, 2.05) is 0 Å². The van der Waals surface area contributed by atoms with Crippen molar-refractivity contribution in [1.29, 1.82) is 0 Å². The van der Waals surface area contributed by atoms with Crippen LogP contribution in [0.2, 0.25) is 0 Å². The third kappa shape index (κ3) is 34.8. The molecule has 6 unspecified atom stereocenters. The van der Waals surface area contributed by atoms with Crippen LogP contribution in [0.4, 0.5) is 96.6 Å². The first-order chi connectivity index (χ1) is 37.7. The molecule has 6 N–H and O–H groups in total. The Bertz CT molecular complexity index is 1730. The second-order valence-corrected chi connectivity index (χ2v) is 18.2. The van der Waals surface area contributed by atoms with Gasteiger partial charge in [0.1, 0.15) is 63.6 Å². The summed E-state index contributed by atoms with van der Waals surface area (Å²) < 4.78 is 353. The van der Waals surface area contributed by atoms with Crippen molar-refractivity contribution < 1.29 is 184 Å². The lowest BCUT2D eigenvalue weighted by Crippen LogP contribution is -2.52. The molecule has 0 heterocycles. The SMILES string of the molecule is CC(OCC(O)COCC(O)COCC(F)(F)CCCCOC(F)(F)C(C)(F)F)C(F)(F)OC(F)(F)C(F)(F)OCCCC(F)(F)COC(O)COCC(O)COCC(F)(F)OCC(F)(F)C(F)(F)OCCCC(F)(F)COCC(O)CO. The van der Waals surface area contributed by atoms with Crippen LogP contribution in [0.1, 0.15) is 58.8 Å². The van der Waals surface area contributed by atoms with Gasteiger partial charge in [0.25, 0.3) is 17.8 Å². The molecule has 18 nitrogen and oxygen atoms in total. The topological polar surface area (TPSA) is 232 Å². The third-order valence-electron chi connectivity index (χ3n) is 9.89. The van der Waals surface area contributed by atoms with Gasteiger partial charge >= 0.3 is 48.5 Å². The van der Waals surface area contributed by atoms with Crippen molar-refractivity contribution >= 4 is 0 Å². The van der Waals surface area contributed by atoms with Crippen LogP contribution in [-0.2, 0) is 56.8 Å². The fourth-order valence-corrected chi connectivity index (χ4v) is 5.38. The number of hydrogen-bond acceptors (Lipinski definition) is 18. The molecule has 40 heteroatoms. The van der Waals surface area contributed by atoms with E-state index < -0.39 is 260 Å². The van der Waals surface area contributed by atoms with Crippen LogP contribution in [0.15, 0.2) is 0 Å². The van der Waals surface area contributed by atoms with Gasteiger partial charge in [-0.1, -0.05) is 0 Å². The number of rotatable bonds is 52.